The lowest BCUT2D eigenvalue weighted by Crippen LogP contribution is -2.41. The monoisotopic (exact) mass is 337 g/mol. The molecule has 0 saturated carbocycles. The third kappa shape index (κ3) is 3.63. The molecule has 0 unspecified atom stereocenters. The van der Waals surface area contributed by atoms with E-state index in [4.69, 9.17) is 14.6 Å². The van der Waals surface area contributed by atoms with Gasteiger partial charge in [0.2, 0.25) is 0 Å². The molecule has 1 aromatic rings. The van der Waals surface area contributed by atoms with Crippen LogP contribution < -0.4 is 0 Å². The Kier molecular flexibility index (Phi) is 5.53. The Morgan fingerprint density at radius 2 is 2.17 bits per heavy atom. The number of hydrogen-bond acceptors (Lipinski definition) is 5. The summed E-state index contributed by atoms with van der Waals surface area (Å²) in [7, 11) is 0. The van der Waals surface area contributed by atoms with Crippen molar-refractivity contribution in [3.05, 3.63) is 17.0 Å². The summed E-state index contributed by atoms with van der Waals surface area (Å²) < 4.78 is 11.5. The summed E-state index contributed by atoms with van der Waals surface area (Å²) in [6.45, 7) is 6.11. The summed E-state index contributed by atoms with van der Waals surface area (Å²) in [6, 6.07) is 0. The summed E-state index contributed by atoms with van der Waals surface area (Å²) >= 11 is 0. The number of carbonyl (C=O) groups is 1. The molecule has 24 heavy (non-hydrogen) atoms. The van der Waals surface area contributed by atoms with Crippen LogP contribution in [0.4, 0.5) is 0 Å². The molecule has 1 aromatic heterocycles. The minimum absolute atomic E-state index is 0.00241. The number of hydrogen-bond donors (Lipinski definition) is 2. The number of fused-ring (bicyclic) bond motifs is 1. The van der Waals surface area contributed by atoms with Crippen molar-refractivity contribution < 1.29 is 19.4 Å². The fourth-order valence-corrected chi connectivity index (χ4v) is 3.54. The highest BCUT2D eigenvalue weighted by atomic mass is 16.5. The molecular formula is C17H27N3O4. The van der Waals surface area contributed by atoms with Crippen molar-refractivity contribution >= 4 is 5.91 Å². The number of ether oxygens (including phenoxy) is 2. The van der Waals surface area contributed by atoms with Crippen LogP contribution in [-0.4, -0.2) is 64.6 Å². The second-order valence-electron chi connectivity index (χ2n) is 6.70. The summed E-state index contributed by atoms with van der Waals surface area (Å²) in [5, 5.41) is 16.1. The second kappa shape index (κ2) is 7.63. The molecule has 0 radical (unpaired) electrons. The van der Waals surface area contributed by atoms with Gasteiger partial charge in [-0.25, -0.2) is 0 Å². The van der Waals surface area contributed by atoms with Gasteiger partial charge in [0.15, 0.2) is 5.69 Å². The SMILES string of the molecule is C[C@@H]1Cc2c(C(=O)N3CCC(OCCCO)CC3)n[nH]c2[C@H](C)O1. The summed E-state index contributed by atoms with van der Waals surface area (Å²) in [6.07, 6.45) is 3.28. The first kappa shape index (κ1) is 17.4. The zero-order valence-corrected chi connectivity index (χ0v) is 14.5. The van der Waals surface area contributed by atoms with Crippen LogP contribution in [0.25, 0.3) is 0 Å². The van der Waals surface area contributed by atoms with Crippen LogP contribution in [0.1, 0.15) is 61.0 Å². The average molecular weight is 337 g/mol. The summed E-state index contributed by atoms with van der Waals surface area (Å²) in [5.74, 6) is 0.00241. The predicted octanol–water partition coefficient (Wildman–Crippen LogP) is 1.44. The predicted molar refractivity (Wildman–Crippen MR) is 87.8 cm³/mol. The Balaban J connectivity index is 1.60. The van der Waals surface area contributed by atoms with Gasteiger partial charge >= 0.3 is 0 Å². The normalized spacial score (nSPS) is 24.9. The van der Waals surface area contributed by atoms with Crippen molar-refractivity contribution in [3.8, 4) is 0 Å². The number of nitrogens with zero attached hydrogens (tertiary/aromatic N) is 2. The molecule has 1 amide bonds. The Morgan fingerprint density at radius 3 is 2.88 bits per heavy atom. The number of nitrogens with one attached hydrogen (secondary N) is 1. The molecule has 2 atom stereocenters. The maximum absolute atomic E-state index is 12.8. The molecule has 1 fully saturated rings. The molecule has 2 aliphatic rings. The third-order valence-corrected chi connectivity index (χ3v) is 4.82. The Bertz CT molecular complexity index is 566. The average Bonchev–Trinajstić information content (AvgIpc) is 2.99. The van der Waals surface area contributed by atoms with Gasteiger partial charge in [-0.05, 0) is 33.1 Å². The summed E-state index contributed by atoms with van der Waals surface area (Å²) in [4.78, 5) is 14.7. The van der Waals surface area contributed by atoms with E-state index in [0.29, 0.717) is 31.8 Å². The van der Waals surface area contributed by atoms with E-state index in [1.165, 1.54) is 0 Å². The van der Waals surface area contributed by atoms with E-state index in [0.717, 1.165) is 30.5 Å². The van der Waals surface area contributed by atoms with E-state index < -0.39 is 0 Å². The molecule has 7 nitrogen and oxygen atoms in total. The molecule has 2 N–H and O–H groups in total. The number of carbonyl (C=O) groups excluding carboxylic acids is 1. The second-order valence-corrected chi connectivity index (χ2v) is 6.70. The van der Waals surface area contributed by atoms with Crippen molar-refractivity contribution in [2.75, 3.05) is 26.3 Å². The number of rotatable bonds is 5. The van der Waals surface area contributed by atoms with Crippen LogP contribution in [0.15, 0.2) is 0 Å². The van der Waals surface area contributed by atoms with E-state index >= 15 is 0 Å². The van der Waals surface area contributed by atoms with Gasteiger partial charge in [-0.1, -0.05) is 0 Å². The maximum Gasteiger partial charge on any atom is 0.274 e. The molecule has 0 aliphatic carbocycles. The van der Waals surface area contributed by atoms with Crippen molar-refractivity contribution in [3.63, 3.8) is 0 Å². The first-order chi connectivity index (χ1) is 11.6. The van der Waals surface area contributed by atoms with E-state index in [-0.39, 0.29) is 30.8 Å². The number of piperidine rings is 1. The molecule has 134 valence electrons. The number of aromatic nitrogens is 2. The fraction of sp³-hybridized carbons (Fsp3) is 0.765. The quantitative estimate of drug-likeness (QED) is 0.794. The van der Waals surface area contributed by atoms with Gasteiger partial charge in [0.05, 0.1) is 24.0 Å². The van der Waals surface area contributed by atoms with E-state index in [2.05, 4.69) is 10.2 Å². The fourth-order valence-electron chi connectivity index (χ4n) is 3.54. The lowest BCUT2D eigenvalue weighted by atomic mass is 9.98. The Morgan fingerprint density at radius 1 is 1.42 bits per heavy atom. The van der Waals surface area contributed by atoms with Gasteiger partial charge in [-0.15, -0.1) is 0 Å². The van der Waals surface area contributed by atoms with Gasteiger partial charge in [-0.2, -0.15) is 5.10 Å². The van der Waals surface area contributed by atoms with Gasteiger partial charge < -0.3 is 19.5 Å². The highest BCUT2D eigenvalue weighted by Gasteiger charge is 2.32. The highest BCUT2D eigenvalue weighted by Crippen LogP contribution is 2.31. The molecular weight excluding hydrogens is 310 g/mol. The third-order valence-electron chi connectivity index (χ3n) is 4.82. The molecule has 2 aliphatic heterocycles. The Labute approximate surface area is 142 Å². The van der Waals surface area contributed by atoms with Crippen LogP contribution in [0.2, 0.25) is 0 Å². The molecule has 3 rings (SSSR count). The zero-order chi connectivity index (χ0) is 17.1. The lowest BCUT2D eigenvalue weighted by Gasteiger charge is -2.32. The van der Waals surface area contributed by atoms with Crippen LogP contribution in [0.5, 0.6) is 0 Å². The van der Waals surface area contributed by atoms with Gasteiger partial charge in [0.1, 0.15) is 0 Å². The molecule has 0 aromatic carbocycles. The maximum atomic E-state index is 12.8. The van der Waals surface area contributed by atoms with Crippen LogP contribution >= 0.6 is 0 Å². The molecule has 3 heterocycles. The minimum Gasteiger partial charge on any atom is -0.396 e. The summed E-state index contributed by atoms with van der Waals surface area (Å²) in [5.41, 5.74) is 2.48. The van der Waals surface area contributed by atoms with Crippen molar-refractivity contribution in [2.45, 2.75) is 57.8 Å². The van der Waals surface area contributed by atoms with Gasteiger partial charge in [0.25, 0.3) is 5.91 Å². The van der Waals surface area contributed by atoms with Crippen molar-refractivity contribution in [1.82, 2.24) is 15.1 Å². The van der Waals surface area contributed by atoms with Crippen molar-refractivity contribution in [1.29, 1.82) is 0 Å². The molecule has 0 spiro atoms. The van der Waals surface area contributed by atoms with Gasteiger partial charge in [-0.3, -0.25) is 9.89 Å². The largest absolute Gasteiger partial charge is 0.396 e. The number of aromatic amines is 1. The number of aliphatic hydroxyl groups is 1. The van der Waals surface area contributed by atoms with Gasteiger partial charge in [0, 0.05) is 38.3 Å². The number of aliphatic hydroxyl groups excluding tert-OH is 1. The van der Waals surface area contributed by atoms with Crippen LogP contribution in [0, 0.1) is 0 Å². The van der Waals surface area contributed by atoms with E-state index in [1.807, 2.05) is 18.7 Å². The number of amides is 1. The first-order valence-electron chi connectivity index (χ1n) is 8.84. The van der Waals surface area contributed by atoms with E-state index in [9.17, 15) is 4.79 Å². The van der Waals surface area contributed by atoms with Crippen LogP contribution in [-0.2, 0) is 15.9 Å². The number of likely N-dealkylation sites (tertiary alicyclic amines) is 1. The number of H-pyrrole nitrogens is 1. The Hall–Kier alpha value is -1.44. The minimum atomic E-state index is -0.0524. The topological polar surface area (TPSA) is 87.7 Å². The molecule has 7 heteroatoms. The lowest BCUT2D eigenvalue weighted by molar-refractivity contribution is -0.00718. The molecule has 0 bridgehead atoms. The first-order valence-corrected chi connectivity index (χ1v) is 8.84. The standard InChI is InChI=1S/C17H27N3O4/c1-11-10-14-15(12(2)24-11)18-19-16(14)17(22)20-6-4-13(5-7-20)23-9-3-8-21/h11-13,21H,3-10H2,1-2H3,(H,18,19)/t11-,12+/m1/s1. The molecule has 1 saturated heterocycles. The zero-order valence-electron chi connectivity index (χ0n) is 14.5. The smallest absolute Gasteiger partial charge is 0.274 e. The van der Waals surface area contributed by atoms with Crippen LogP contribution in [0.3, 0.4) is 0 Å². The van der Waals surface area contributed by atoms with Crippen molar-refractivity contribution in [2.24, 2.45) is 0 Å². The highest BCUT2D eigenvalue weighted by molar-refractivity contribution is 5.94. The van der Waals surface area contributed by atoms with E-state index in [1.54, 1.807) is 0 Å².